The van der Waals surface area contributed by atoms with Crippen LogP contribution in [0.15, 0.2) is 40.7 Å². The smallest absolute Gasteiger partial charge is 0.105 e. The molecule has 0 aliphatic carbocycles. The van der Waals surface area contributed by atoms with Gasteiger partial charge in [0.2, 0.25) is 0 Å². The molecule has 0 aromatic carbocycles. The van der Waals surface area contributed by atoms with Crippen LogP contribution in [0, 0.1) is 0 Å². The predicted octanol–water partition coefficient (Wildman–Crippen LogP) is 2.82. The standard InChI is InChI=1S/C14H22FN3/c1-2-4-12(9-14(16)10-15)5-3-6-13-7-8-17-18-11-13/h3-5,8,11,14,18H,2,6-7,9-10,16H2,1H3/b5-3-,12-4+. The maximum absolute atomic E-state index is 12.4. The second-order valence-electron chi connectivity index (χ2n) is 4.36. The third kappa shape index (κ3) is 5.77. The highest BCUT2D eigenvalue weighted by Crippen LogP contribution is 2.12. The van der Waals surface area contributed by atoms with E-state index in [2.05, 4.69) is 29.6 Å². The van der Waals surface area contributed by atoms with Crippen LogP contribution in [-0.4, -0.2) is 18.9 Å². The van der Waals surface area contributed by atoms with Gasteiger partial charge in [0.05, 0.1) is 0 Å². The average Bonchev–Trinajstić information content (AvgIpc) is 2.40. The molecule has 0 saturated carbocycles. The zero-order chi connectivity index (χ0) is 13.2. The average molecular weight is 251 g/mol. The molecular formula is C14H22FN3. The first-order chi connectivity index (χ1) is 8.76. The lowest BCUT2D eigenvalue weighted by molar-refractivity contribution is 0.427. The molecular weight excluding hydrogens is 229 g/mol. The number of hydrogen-bond donors (Lipinski definition) is 2. The van der Waals surface area contributed by atoms with Crippen LogP contribution in [-0.2, 0) is 0 Å². The summed E-state index contributed by atoms with van der Waals surface area (Å²) in [7, 11) is 0. The van der Waals surface area contributed by atoms with Gasteiger partial charge in [0.1, 0.15) is 6.67 Å². The number of nitrogens with zero attached hydrogens (tertiary/aromatic N) is 1. The number of alkyl halides is 1. The van der Waals surface area contributed by atoms with Gasteiger partial charge in [0, 0.05) is 24.9 Å². The Morgan fingerprint density at radius 2 is 2.50 bits per heavy atom. The Kier molecular flexibility index (Phi) is 7.03. The molecule has 100 valence electrons. The van der Waals surface area contributed by atoms with Gasteiger partial charge in [0.25, 0.3) is 0 Å². The third-order valence-electron chi connectivity index (χ3n) is 2.66. The van der Waals surface area contributed by atoms with E-state index in [4.69, 9.17) is 5.73 Å². The Bertz CT molecular complexity index is 356. The Morgan fingerprint density at radius 1 is 1.67 bits per heavy atom. The lowest BCUT2D eigenvalue weighted by Gasteiger charge is -2.08. The molecule has 3 N–H and O–H groups in total. The molecule has 1 aliphatic rings. The summed E-state index contributed by atoms with van der Waals surface area (Å²) in [4.78, 5) is 0. The molecule has 0 amide bonds. The summed E-state index contributed by atoms with van der Waals surface area (Å²) < 4.78 is 12.4. The second-order valence-corrected chi connectivity index (χ2v) is 4.36. The molecule has 0 spiro atoms. The number of nitrogens with one attached hydrogen (secondary N) is 1. The monoisotopic (exact) mass is 251 g/mol. The summed E-state index contributed by atoms with van der Waals surface area (Å²) in [5.74, 6) is 0. The Labute approximate surface area is 108 Å². The largest absolute Gasteiger partial charge is 0.325 e. The predicted molar refractivity (Wildman–Crippen MR) is 75.0 cm³/mol. The van der Waals surface area contributed by atoms with Gasteiger partial charge < -0.3 is 5.73 Å². The first kappa shape index (κ1) is 14.6. The SMILES string of the molecule is CC/C=C(\C=C/CC1=CNN=CC1)CC(N)CF. The van der Waals surface area contributed by atoms with E-state index in [1.165, 1.54) is 5.57 Å². The summed E-state index contributed by atoms with van der Waals surface area (Å²) in [5, 5.41) is 3.91. The summed E-state index contributed by atoms with van der Waals surface area (Å²) in [6.45, 7) is 1.60. The van der Waals surface area contributed by atoms with Crippen molar-refractivity contribution in [3.05, 3.63) is 35.6 Å². The summed E-state index contributed by atoms with van der Waals surface area (Å²) >= 11 is 0. The van der Waals surface area contributed by atoms with Crippen molar-refractivity contribution in [1.29, 1.82) is 0 Å². The van der Waals surface area contributed by atoms with Gasteiger partial charge >= 0.3 is 0 Å². The summed E-state index contributed by atoms with van der Waals surface area (Å²) in [6.07, 6.45) is 13.3. The maximum Gasteiger partial charge on any atom is 0.105 e. The van der Waals surface area contributed by atoms with E-state index in [0.717, 1.165) is 24.8 Å². The minimum atomic E-state index is -0.472. The summed E-state index contributed by atoms with van der Waals surface area (Å²) in [5.41, 5.74) is 10.9. The molecule has 0 radical (unpaired) electrons. The lowest BCUT2D eigenvalue weighted by atomic mass is 10.0. The third-order valence-corrected chi connectivity index (χ3v) is 2.66. The molecule has 0 fully saturated rings. The number of hydrogen-bond acceptors (Lipinski definition) is 3. The quantitative estimate of drug-likeness (QED) is 0.684. The topological polar surface area (TPSA) is 50.4 Å². The van der Waals surface area contributed by atoms with Crippen molar-refractivity contribution in [2.75, 3.05) is 6.67 Å². The first-order valence-electron chi connectivity index (χ1n) is 6.38. The highest BCUT2D eigenvalue weighted by Gasteiger charge is 2.03. The highest BCUT2D eigenvalue weighted by atomic mass is 19.1. The molecule has 0 saturated heterocycles. The van der Waals surface area contributed by atoms with Crippen molar-refractivity contribution in [3.63, 3.8) is 0 Å². The van der Waals surface area contributed by atoms with E-state index in [1.807, 2.05) is 18.5 Å². The van der Waals surface area contributed by atoms with Crippen molar-refractivity contribution >= 4 is 6.21 Å². The second kappa shape index (κ2) is 8.64. The number of rotatable bonds is 7. The fourth-order valence-electron chi connectivity index (χ4n) is 1.75. The van der Waals surface area contributed by atoms with Gasteiger partial charge in [-0.25, -0.2) is 4.39 Å². The highest BCUT2D eigenvalue weighted by molar-refractivity contribution is 5.62. The fraction of sp³-hybridized carbons (Fsp3) is 0.500. The lowest BCUT2D eigenvalue weighted by Crippen LogP contribution is -2.22. The molecule has 4 heteroatoms. The van der Waals surface area contributed by atoms with Crippen LogP contribution in [0.25, 0.3) is 0 Å². The molecule has 1 heterocycles. The van der Waals surface area contributed by atoms with E-state index in [9.17, 15) is 4.39 Å². The van der Waals surface area contributed by atoms with Crippen LogP contribution < -0.4 is 11.2 Å². The fourth-order valence-corrected chi connectivity index (χ4v) is 1.75. The molecule has 1 aliphatic heterocycles. The van der Waals surface area contributed by atoms with Crippen LogP contribution in [0.1, 0.15) is 32.6 Å². The molecule has 1 rings (SSSR count). The number of nitrogens with two attached hydrogens (primary N) is 1. The molecule has 18 heavy (non-hydrogen) atoms. The van der Waals surface area contributed by atoms with Gasteiger partial charge in [-0.15, -0.1) is 0 Å². The molecule has 0 aromatic rings. The Morgan fingerprint density at radius 3 is 3.11 bits per heavy atom. The molecule has 0 bridgehead atoms. The van der Waals surface area contributed by atoms with Gasteiger partial charge in [-0.3, -0.25) is 5.43 Å². The normalized spacial score (nSPS) is 17.7. The van der Waals surface area contributed by atoms with E-state index in [0.29, 0.717) is 6.42 Å². The molecule has 3 nitrogen and oxygen atoms in total. The molecule has 1 unspecified atom stereocenters. The van der Waals surface area contributed by atoms with Crippen LogP contribution in [0.4, 0.5) is 4.39 Å². The van der Waals surface area contributed by atoms with Crippen molar-refractivity contribution in [1.82, 2.24) is 5.43 Å². The van der Waals surface area contributed by atoms with Crippen LogP contribution in [0.5, 0.6) is 0 Å². The number of allylic oxidation sites excluding steroid dienone is 4. The minimum absolute atomic E-state index is 0.393. The minimum Gasteiger partial charge on any atom is -0.325 e. The van der Waals surface area contributed by atoms with Gasteiger partial charge in [0.15, 0.2) is 0 Å². The van der Waals surface area contributed by atoms with Crippen molar-refractivity contribution in [2.45, 2.75) is 38.6 Å². The van der Waals surface area contributed by atoms with E-state index < -0.39 is 12.7 Å². The van der Waals surface area contributed by atoms with Crippen LogP contribution in [0.2, 0.25) is 0 Å². The van der Waals surface area contributed by atoms with Gasteiger partial charge in [-0.05, 0) is 24.8 Å². The van der Waals surface area contributed by atoms with Crippen molar-refractivity contribution < 1.29 is 4.39 Å². The molecule has 1 atom stereocenters. The first-order valence-corrected chi connectivity index (χ1v) is 6.38. The Balaban J connectivity index is 2.45. The molecule has 0 aromatic heterocycles. The van der Waals surface area contributed by atoms with E-state index in [-0.39, 0.29) is 0 Å². The number of halogens is 1. The van der Waals surface area contributed by atoms with E-state index >= 15 is 0 Å². The zero-order valence-corrected chi connectivity index (χ0v) is 10.9. The van der Waals surface area contributed by atoms with Crippen LogP contribution >= 0.6 is 0 Å². The number of hydrazone groups is 1. The Hall–Kier alpha value is -1.42. The summed E-state index contributed by atoms with van der Waals surface area (Å²) in [6, 6.07) is -0.393. The maximum atomic E-state index is 12.4. The van der Waals surface area contributed by atoms with Gasteiger partial charge in [-0.1, -0.05) is 30.7 Å². The van der Waals surface area contributed by atoms with Crippen molar-refractivity contribution in [3.8, 4) is 0 Å². The van der Waals surface area contributed by atoms with Gasteiger partial charge in [-0.2, -0.15) is 5.10 Å². The van der Waals surface area contributed by atoms with Crippen LogP contribution in [0.3, 0.4) is 0 Å². The van der Waals surface area contributed by atoms with Crippen molar-refractivity contribution in [2.24, 2.45) is 10.8 Å². The van der Waals surface area contributed by atoms with E-state index in [1.54, 1.807) is 0 Å². The zero-order valence-electron chi connectivity index (χ0n) is 10.9.